The van der Waals surface area contributed by atoms with Crippen molar-refractivity contribution in [3.63, 3.8) is 0 Å². The zero-order valence-electron chi connectivity index (χ0n) is 13.8. The van der Waals surface area contributed by atoms with Gasteiger partial charge in [-0.25, -0.2) is 4.79 Å². The third-order valence-corrected chi connectivity index (χ3v) is 6.07. The van der Waals surface area contributed by atoms with Crippen LogP contribution in [0.4, 0.5) is 5.00 Å². The zero-order chi connectivity index (χ0) is 17.8. The molecule has 0 unspecified atom stereocenters. The lowest BCUT2D eigenvalue weighted by molar-refractivity contribution is -0.123. The van der Waals surface area contributed by atoms with Gasteiger partial charge < -0.3 is 10.1 Å². The van der Waals surface area contributed by atoms with Crippen molar-refractivity contribution in [2.75, 3.05) is 5.32 Å². The molecule has 1 aliphatic rings. The molecular formula is C18H18N2O3S2. The SMILES string of the molecule is C[C@@H](OC(=O)c1ccsc1)C(=O)Nc1sc2c(c1C#N)CCCCC2. The van der Waals surface area contributed by atoms with Gasteiger partial charge in [-0.2, -0.15) is 16.6 Å². The third-order valence-electron chi connectivity index (χ3n) is 4.18. The average Bonchev–Trinajstić information content (AvgIpc) is 3.18. The summed E-state index contributed by atoms with van der Waals surface area (Å²) < 4.78 is 5.20. The van der Waals surface area contributed by atoms with Crippen molar-refractivity contribution < 1.29 is 14.3 Å². The fourth-order valence-electron chi connectivity index (χ4n) is 2.83. The van der Waals surface area contributed by atoms with Crippen LogP contribution in [0, 0.1) is 11.3 Å². The summed E-state index contributed by atoms with van der Waals surface area (Å²) in [5.41, 5.74) is 2.07. The highest BCUT2D eigenvalue weighted by atomic mass is 32.1. The number of thiophene rings is 2. The molecule has 5 nitrogen and oxygen atoms in total. The molecule has 2 heterocycles. The Morgan fingerprint density at radius 1 is 1.32 bits per heavy atom. The first-order valence-corrected chi connectivity index (χ1v) is 9.94. The van der Waals surface area contributed by atoms with Crippen LogP contribution >= 0.6 is 22.7 Å². The van der Waals surface area contributed by atoms with Gasteiger partial charge >= 0.3 is 5.97 Å². The summed E-state index contributed by atoms with van der Waals surface area (Å²) >= 11 is 2.86. The molecule has 0 bridgehead atoms. The molecule has 1 N–H and O–H groups in total. The Labute approximate surface area is 154 Å². The van der Waals surface area contributed by atoms with E-state index < -0.39 is 18.0 Å². The number of esters is 1. The molecule has 0 aliphatic heterocycles. The van der Waals surface area contributed by atoms with E-state index in [2.05, 4.69) is 11.4 Å². The number of anilines is 1. The highest BCUT2D eigenvalue weighted by Crippen LogP contribution is 2.37. The molecule has 1 amide bonds. The second-order valence-corrected chi connectivity index (χ2v) is 7.81. The number of rotatable bonds is 4. The molecule has 0 saturated carbocycles. The Hall–Kier alpha value is -2.17. The van der Waals surface area contributed by atoms with Gasteiger partial charge in [0.2, 0.25) is 0 Å². The fourth-order valence-corrected chi connectivity index (χ4v) is 4.69. The Bertz CT molecular complexity index is 818. The second kappa shape index (κ2) is 7.81. The molecular weight excluding hydrogens is 356 g/mol. The van der Waals surface area contributed by atoms with Gasteiger partial charge in [0.05, 0.1) is 11.1 Å². The molecule has 0 radical (unpaired) electrons. The highest BCUT2D eigenvalue weighted by Gasteiger charge is 2.24. The zero-order valence-corrected chi connectivity index (χ0v) is 15.5. The molecule has 25 heavy (non-hydrogen) atoms. The van der Waals surface area contributed by atoms with E-state index in [1.165, 1.54) is 40.9 Å². The number of nitrogens with zero attached hydrogens (tertiary/aromatic N) is 1. The molecule has 3 rings (SSSR count). The number of nitriles is 1. The predicted molar refractivity (Wildman–Crippen MR) is 98.1 cm³/mol. The summed E-state index contributed by atoms with van der Waals surface area (Å²) in [6.07, 6.45) is 4.26. The van der Waals surface area contributed by atoms with Gasteiger partial charge in [-0.1, -0.05) is 6.42 Å². The molecule has 1 atom stereocenters. The van der Waals surface area contributed by atoms with Crippen LogP contribution < -0.4 is 5.32 Å². The minimum absolute atomic E-state index is 0.420. The predicted octanol–water partition coefficient (Wildman–Crippen LogP) is 4.13. The molecule has 0 spiro atoms. The number of fused-ring (bicyclic) bond motifs is 1. The van der Waals surface area contributed by atoms with Crippen molar-refractivity contribution in [2.24, 2.45) is 0 Å². The van der Waals surface area contributed by atoms with Crippen LogP contribution in [0.5, 0.6) is 0 Å². The summed E-state index contributed by atoms with van der Waals surface area (Å²) in [6, 6.07) is 3.88. The monoisotopic (exact) mass is 374 g/mol. The normalized spacial score (nSPS) is 14.7. The van der Waals surface area contributed by atoms with Crippen molar-refractivity contribution in [3.05, 3.63) is 38.4 Å². The Balaban J connectivity index is 1.70. The topological polar surface area (TPSA) is 79.2 Å². The van der Waals surface area contributed by atoms with Gasteiger partial charge in [0.15, 0.2) is 6.10 Å². The van der Waals surface area contributed by atoms with E-state index in [-0.39, 0.29) is 0 Å². The lowest BCUT2D eigenvalue weighted by atomic mass is 10.1. The molecule has 2 aromatic rings. The van der Waals surface area contributed by atoms with Gasteiger partial charge in [0.25, 0.3) is 5.91 Å². The highest BCUT2D eigenvalue weighted by molar-refractivity contribution is 7.16. The number of aryl methyl sites for hydroxylation is 1. The first kappa shape index (κ1) is 17.6. The van der Waals surface area contributed by atoms with E-state index in [9.17, 15) is 14.9 Å². The summed E-state index contributed by atoms with van der Waals surface area (Å²) in [7, 11) is 0. The first-order chi connectivity index (χ1) is 12.1. The molecule has 130 valence electrons. The quantitative estimate of drug-likeness (QED) is 0.644. The van der Waals surface area contributed by atoms with Crippen LogP contribution in [-0.2, 0) is 22.4 Å². The number of carbonyl (C=O) groups is 2. The number of nitrogens with one attached hydrogen (secondary N) is 1. The minimum Gasteiger partial charge on any atom is -0.449 e. The van der Waals surface area contributed by atoms with Crippen molar-refractivity contribution in [3.8, 4) is 6.07 Å². The van der Waals surface area contributed by atoms with Crippen molar-refractivity contribution in [1.82, 2.24) is 0 Å². The van der Waals surface area contributed by atoms with Crippen LogP contribution in [0.25, 0.3) is 0 Å². The van der Waals surface area contributed by atoms with Crippen molar-refractivity contribution in [1.29, 1.82) is 5.26 Å². The second-order valence-electron chi connectivity index (χ2n) is 5.93. The van der Waals surface area contributed by atoms with Gasteiger partial charge in [-0.05, 0) is 49.6 Å². The van der Waals surface area contributed by atoms with Crippen LogP contribution in [-0.4, -0.2) is 18.0 Å². The van der Waals surface area contributed by atoms with Crippen LogP contribution in [0.2, 0.25) is 0 Å². The summed E-state index contributed by atoms with van der Waals surface area (Å²) in [5, 5.41) is 16.3. The average molecular weight is 374 g/mol. The van der Waals surface area contributed by atoms with E-state index in [0.29, 0.717) is 16.1 Å². The fraction of sp³-hybridized carbons (Fsp3) is 0.389. The Morgan fingerprint density at radius 2 is 2.12 bits per heavy atom. The number of amides is 1. The number of hydrogen-bond acceptors (Lipinski definition) is 6. The van der Waals surface area contributed by atoms with E-state index in [4.69, 9.17) is 4.74 Å². The summed E-state index contributed by atoms with van der Waals surface area (Å²) in [4.78, 5) is 25.5. The lowest BCUT2D eigenvalue weighted by Gasteiger charge is -2.12. The maximum atomic E-state index is 12.4. The number of ether oxygens (including phenoxy) is 1. The van der Waals surface area contributed by atoms with E-state index in [1.54, 1.807) is 16.8 Å². The van der Waals surface area contributed by atoms with Gasteiger partial charge in [0, 0.05) is 10.3 Å². The number of carbonyl (C=O) groups excluding carboxylic acids is 2. The smallest absolute Gasteiger partial charge is 0.339 e. The van der Waals surface area contributed by atoms with Crippen molar-refractivity contribution in [2.45, 2.75) is 45.1 Å². The third kappa shape index (κ3) is 3.91. The summed E-state index contributed by atoms with van der Waals surface area (Å²) in [6.45, 7) is 1.53. The van der Waals surface area contributed by atoms with Gasteiger partial charge in [0.1, 0.15) is 11.1 Å². The first-order valence-electron chi connectivity index (χ1n) is 8.19. The Morgan fingerprint density at radius 3 is 2.84 bits per heavy atom. The van der Waals surface area contributed by atoms with E-state index in [0.717, 1.165) is 31.2 Å². The van der Waals surface area contributed by atoms with Crippen molar-refractivity contribution >= 4 is 39.6 Å². The molecule has 2 aromatic heterocycles. The molecule has 1 aliphatic carbocycles. The molecule has 0 saturated heterocycles. The largest absolute Gasteiger partial charge is 0.449 e. The Kier molecular flexibility index (Phi) is 5.51. The minimum atomic E-state index is -0.930. The summed E-state index contributed by atoms with van der Waals surface area (Å²) in [5.74, 6) is -0.942. The van der Waals surface area contributed by atoms with E-state index >= 15 is 0 Å². The van der Waals surface area contributed by atoms with Crippen LogP contribution in [0.15, 0.2) is 16.8 Å². The van der Waals surface area contributed by atoms with Crippen LogP contribution in [0.3, 0.4) is 0 Å². The lowest BCUT2D eigenvalue weighted by Crippen LogP contribution is -2.29. The van der Waals surface area contributed by atoms with E-state index in [1.807, 2.05) is 0 Å². The van der Waals surface area contributed by atoms with Gasteiger partial charge in [-0.3, -0.25) is 4.79 Å². The standard InChI is InChI=1S/C18H18N2O3S2/c1-11(23-18(22)12-7-8-24-10-12)16(21)20-17-14(9-19)13-5-3-2-4-6-15(13)25-17/h7-8,10-11H,2-6H2,1H3,(H,20,21)/t11-/m1/s1. The number of hydrogen-bond donors (Lipinski definition) is 1. The van der Waals surface area contributed by atoms with Crippen LogP contribution in [0.1, 0.15) is 52.5 Å². The van der Waals surface area contributed by atoms with Gasteiger partial charge in [-0.15, -0.1) is 11.3 Å². The molecule has 7 heteroatoms. The maximum Gasteiger partial charge on any atom is 0.339 e. The molecule has 0 aromatic carbocycles. The molecule has 0 fully saturated rings. The maximum absolute atomic E-state index is 12.4.